The van der Waals surface area contributed by atoms with Crippen molar-refractivity contribution in [3.8, 4) is 0 Å². The minimum Gasteiger partial charge on any atom is -0.448 e. The fourth-order valence-electron chi connectivity index (χ4n) is 1.21. The molecule has 1 atom stereocenters. The fraction of sp³-hybridized carbons (Fsp3) is 0.300. The Morgan fingerprint density at radius 1 is 1.53 bits per heavy atom. The monoisotopic (exact) mass is 228 g/mol. The normalized spacial score (nSPS) is 12.1. The largest absolute Gasteiger partial charge is 0.448 e. The predicted octanol–water partition coefficient (Wildman–Crippen LogP) is 1.31. The van der Waals surface area contributed by atoms with Crippen molar-refractivity contribution in [1.29, 1.82) is 0 Å². The maximum absolute atomic E-state index is 10.3. The number of hydrogen-bond donors (Lipinski definition) is 2. The molecule has 0 spiro atoms. The first-order chi connectivity index (χ1) is 7.08. The Kier molecular flexibility index (Phi) is 4.39. The van der Waals surface area contributed by atoms with Crippen molar-refractivity contribution in [3.63, 3.8) is 0 Å². The molecule has 0 aliphatic rings. The van der Waals surface area contributed by atoms with Gasteiger partial charge in [0.2, 0.25) is 0 Å². The number of carbonyl (C=O) groups excluding carboxylic acids is 1. The predicted molar refractivity (Wildman–Crippen MR) is 58.7 cm³/mol. The van der Waals surface area contributed by atoms with Crippen LogP contribution in [-0.4, -0.2) is 18.7 Å². The summed E-state index contributed by atoms with van der Waals surface area (Å²) < 4.78 is 4.59. The van der Waals surface area contributed by atoms with Crippen molar-refractivity contribution in [2.45, 2.75) is 12.5 Å². The molecule has 0 bridgehead atoms. The Labute approximate surface area is 93.1 Å². The molecule has 0 saturated heterocycles. The summed E-state index contributed by atoms with van der Waals surface area (Å²) in [7, 11) is 0. The summed E-state index contributed by atoms with van der Waals surface area (Å²) >= 11 is 5.81. The second-order valence-corrected chi connectivity index (χ2v) is 3.66. The zero-order valence-electron chi connectivity index (χ0n) is 8.15. The number of primary amides is 1. The molecule has 1 aromatic carbocycles. The van der Waals surface area contributed by atoms with Gasteiger partial charge in [-0.2, -0.15) is 0 Å². The molecule has 0 aromatic heterocycles. The van der Waals surface area contributed by atoms with Crippen LogP contribution >= 0.6 is 11.6 Å². The lowest BCUT2D eigenvalue weighted by Crippen LogP contribution is -2.31. The number of nitrogens with two attached hydrogens (primary N) is 2. The summed E-state index contributed by atoms with van der Waals surface area (Å²) in [4.78, 5) is 10.3. The van der Waals surface area contributed by atoms with E-state index in [0.29, 0.717) is 11.4 Å². The van der Waals surface area contributed by atoms with Gasteiger partial charge in [-0.15, -0.1) is 0 Å². The van der Waals surface area contributed by atoms with E-state index in [4.69, 9.17) is 23.1 Å². The van der Waals surface area contributed by atoms with Crippen LogP contribution in [0.15, 0.2) is 24.3 Å². The molecule has 0 aliphatic carbocycles. The highest BCUT2D eigenvalue weighted by molar-refractivity contribution is 6.30. The molecular formula is C10H13ClN2O2. The molecule has 0 heterocycles. The van der Waals surface area contributed by atoms with Crippen LogP contribution in [0.5, 0.6) is 0 Å². The van der Waals surface area contributed by atoms with Crippen molar-refractivity contribution in [2.75, 3.05) is 6.61 Å². The number of carbonyl (C=O) groups is 1. The minimum absolute atomic E-state index is 0.113. The Hall–Kier alpha value is -1.26. The van der Waals surface area contributed by atoms with Gasteiger partial charge in [0.15, 0.2) is 0 Å². The van der Waals surface area contributed by atoms with E-state index in [9.17, 15) is 4.79 Å². The Bertz CT molecular complexity index is 344. The number of halogens is 1. The summed E-state index contributed by atoms with van der Waals surface area (Å²) in [6, 6.07) is 7.10. The average molecular weight is 229 g/mol. The summed E-state index contributed by atoms with van der Waals surface area (Å²) in [6.45, 7) is 0.113. The maximum atomic E-state index is 10.3. The van der Waals surface area contributed by atoms with Gasteiger partial charge in [-0.3, -0.25) is 0 Å². The van der Waals surface area contributed by atoms with E-state index < -0.39 is 6.09 Å². The van der Waals surface area contributed by atoms with Gasteiger partial charge >= 0.3 is 6.09 Å². The molecule has 0 unspecified atom stereocenters. The molecule has 1 rings (SSSR count). The highest BCUT2D eigenvalue weighted by Gasteiger charge is 2.06. The molecular weight excluding hydrogens is 216 g/mol. The third-order valence-electron chi connectivity index (χ3n) is 1.83. The van der Waals surface area contributed by atoms with Crippen LogP contribution in [0.4, 0.5) is 4.79 Å². The second kappa shape index (κ2) is 5.58. The summed E-state index contributed by atoms with van der Waals surface area (Å²) in [6.07, 6.45) is -0.218. The third kappa shape index (κ3) is 4.67. The van der Waals surface area contributed by atoms with Crippen LogP contribution in [0.3, 0.4) is 0 Å². The average Bonchev–Trinajstić information content (AvgIpc) is 2.15. The minimum atomic E-state index is -0.809. The Morgan fingerprint density at radius 2 is 2.27 bits per heavy atom. The lowest BCUT2D eigenvalue weighted by atomic mass is 10.1. The van der Waals surface area contributed by atoms with E-state index >= 15 is 0 Å². The van der Waals surface area contributed by atoms with Gasteiger partial charge in [-0.25, -0.2) is 4.79 Å². The zero-order chi connectivity index (χ0) is 11.3. The molecule has 5 heteroatoms. The zero-order valence-corrected chi connectivity index (χ0v) is 8.91. The molecule has 1 aromatic rings. The van der Waals surface area contributed by atoms with Crippen LogP contribution in [-0.2, 0) is 11.2 Å². The first-order valence-corrected chi connectivity index (χ1v) is 4.88. The van der Waals surface area contributed by atoms with Crippen LogP contribution in [0.25, 0.3) is 0 Å². The SMILES string of the molecule is NC(=O)OC[C@@H](N)Cc1cccc(Cl)c1. The summed E-state index contributed by atoms with van der Waals surface area (Å²) in [5, 5.41) is 0.663. The van der Waals surface area contributed by atoms with Gasteiger partial charge in [-0.1, -0.05) is 23.7 Å². The first-order valence-electron chi connectivity index (χ1n) is 4.50. The standard InChI is InChI=1S/C10H13ClN2O2/c11-8-3-1-2-7(4-8)5-9(12)6-15-10(13)14/h1-4,9H,5-6,12H2,(H2,13,14)/t9-/m0/s1. The summed E-state index contributed by atoms with van der Waals surface area (Å²) in [5.74, 6) is 0. The van der Waals surface area contributed by atoms with E-state index in [0.717, 1.165) is 5.56 Å². The van der Waals surface area contributed by atoms with Gasteiger partial charge in [-0.05, 0) is 24.1 Å². The smallest absolute Gasteiger partial charge is 0.404 e. The van der Waals surface area contributed by atoms with E-state index in [1.807, 2.05) is 18.2 Å². The molecule has 0 radical (unpaired) electrons. The Morgan fingerprint density at radius 3 is 2.87 bits per heavy atom. The first kappa shape index (κ1) is 11.8. The number of hydrogen-bond acceptors (Lipinski definition) is 3. The molecule has 0 saturated carbocycles. The van der Waals surface area contributed by atoms with Crippen molar-refractivity contribution >= 4 is 17.7 Å². The van der Waals surface area contributed by atoms with Crippen LogP contribution in [0.2, 0.25) is 5.02 Å². The van der Waals surface area contributed by atoms with Crippen LogP contribution in [0, 0.1) is 0 Å². The summed E-state index contributed by atoms with van der Waals surface area (Å²) in [5.41, 5.74) is 11.6. The van der Waals surface area contributed by atoms with E-state index in [2.05, 4.69) is 4.74 Å². The van der Waals surface area contributed by atoms with Gasteiger partial charge in [0, 0.05) is 11.1 Å². The van der Waals surface area contributed by atoms with E-state index in [1.165, 1.54) is 0 Å². The van der Waals surface area contributed by atoms with Crippen molar-refractivity contribution in [3.05, 3.63) is 34.9 Å². The number of rotatable bonds is 4. The molecule has 0 aliphatic heterocycles. The number of ether oxygens (including phenoxy) is 1. The van der Waals surface area contributed by atoms with E-state index in [1.54, 1.807) is 6.07 Å². The highest BCUT2D eigenvalue weighted by Crippen LogP contribution is 2.11. The quantitative estimate of drug-likeness (QED) is 0.816. The van der Waals surface area contributed by atoms with Gasteiger partial charge in [0.25, 0.3) is 0 Å². The number of benzene rings is 1. The van der Waals surface area contributed by atoms with Crippen molar-refractivity contribution < 1.29 is 9.53 Å². The van der Waals surface area contributed by atoms with Crippen LogP contribution < -0.4 is 11.5 Å². The van der Waals surface area contributed by atoms with Crippen LogP contribution in [0.1, 0.15) is 5.56 Å². The molecule has 1 amide bonds. The van der Waals surface area contributed by atoms with Gasteiger partial charge < -0.3 is 16.2 Å². The fourth-order valence-corrected chi connectivity index (χ4v) is 1.43. The molecule has 82 valence electrons. The molecule has 0 fully saturated rings. The molecule has 4 nitrogen and oxygen atoms in total. The lowest BCUT2D eigenvalue weighted by molar-refractivity contribution is 0.149. The second-order valence-electron chi connectivity index (χ2n) is 3.22. The number of amides is 1. The maximum Gasteiger partial charge on any atom is 0.404 e. The Balaban J connectivity index is 2.44. The van der Waals surface area contributed by atoms with Gasteiger partial charge in [0.1, 0.15) is 6.61 Å². The van der Waals surface area contributed by atoms with Gasteiger partial charge in [0.05, 0.1) is 0 Å². The van der Waals surface area contributed by atoms with Crippen molar-refractivity contribution in [1.82, 2.24) is 0 Å². The van der Waals surface area contributed by atoms with Crippen molar-refractivity contribution in [2.24, 2.45) is 11.5 Å². The lowest BCUT2D eigenvalue weighted by Gasteiger charge is -2.11. The topological polar surface area (TPSA) is 78.3 Å². The molecule has 15 heavy (non-hydrogen) atoms. The molecule has 4 N–H and O–H groups in total. The third-order valence-corrected chi connectivity index (χ3v) is 2.06. The highest BCUT2D eigenvalue weighted by atomic mass is 35.5. The van der Waals surface area contributed by atoms with E-state index in [-0.39, 0.29) is 12.6 Å².